The van der Waals surface area contributed by atoms with Crippen LogP contribution in [0.15, 0.2) is 29.3 Å². The number of nitrogens with two attached hydrogens (primary N) is 1. The molecule has 0 bridgehead atoms. The summed E-state index contributed by atoms with van der Waals surface area (Å²) in [4.78, 5) is 7.84. The van der Waals surface area contributed by atoms with Crippen LogP contribution in [0.3, 0.4) is 0 Å². The number of halogens is 1. The fourth-order valence-corrected chi connectivity index (χ4v) is 4.62. The van der Waals surface area contributed by atoms with Gasteiger partial charge in [-0.2, -0.15) is 0 Å². The third-order valence-corrected chi connectivity index (χ3v) is 6.34. The van der Waals surface area contributed by atoms with Gasteiger partial charge in [0.2, 0.25) is 0 Å². The zero-order valence-electron chi connectivity index (χ0n) is 16.5. The monoisotopic (exact) mass is 416 g/mol. The molecular weight excluding hydrogens is 392 g/mol. The van der Waals surface area contributed by atoms with Crippen molar-refractivity contribution in [3.05, 3.63) is 50.9 Å². The quantitative estimate of drug-likeness (QED) is 0.448. The van der Waals surface area contributed by atoms with Crippen LogP contribution in [0.1, 0.15) is 35.4 Å². The summed E-state index contributed by atoms with van der Waals surface area (Å²) in [5.74, 6) is 0.487. The SMILES string of the molecule is CC(=N)N1C(=N)C(C)(NCCN)N=C(c2ccc(Cl)cc2)c2c1sc(C)c2C. The maximum absolute atomic E-state index is 8.91. The maximum atomic E-state index is 8.91. The van der Waals surface area contributed by atoms with E-state index in [1.165, 1.54) is 0 Å². The minimum Gasteiger partial charge on any atom is -0.329 e. The first-order valence-electron chi connectivity index (χ1n) is 9.05. The van der Waals surface area contributed by atoms with Gasteiger partial charge in [-0.15, -0.1) is 11.3 Å². The number of rotatable bonds is 4. The molecule has 1 unspecified atom stereocenters. The Balaban J connectivity index is 2.33. The first-order chi connectivity index (χ1) is 13.2. The molecule has 2 heterocycles. The van der Waals surface area contributed by atoms with Crippen LogP contribution in [0.5, 0.6) is 0 Å². The van der Waals surface area contributed by atoms with Crippen LogP contribution in [-0.4, -0.2) is 36.1 Å². The Hall–Kier alpha value is -2.06. The molecule has 6 nitrogen and oxygen atoms in total. The van der Waals surface area contributed by atoms with E-state index >= 15 is 0 Å². The topological polar surface area (TPSA) is 101 Å². The van der Waals surface area contributed by atoms with Gasteiger partial charge in [0.15, 0.2) is 5.66 Å². The van der Waals surface area contributed by atoms with Gasteiger partial charge in [-0.25, -0.2) is 0 Å². The molecule has 28 heavy (non-hydrogen) atoms. The van der Waals surface area contributed by atoms with Crippen molar-refractivity contribution in [3.8, 4) is 0 Å². The number of benzene rings is 1. The van der Waals surface area contributed by atoms with Crippen molar-refractivity contribution in [1.82, 2.24) is 5.32 Å². The highest BCUT2D eigenvalue weighted by atomic mass is 35.5. The van der Waals surface area contributed by atoms with Gasteiger partial charge in [0, 0.05) is 34.1 Å². The fraction of sp³-hybridized carbons (Fsp3) is 0.350. The van der Waals surface area contributed by atoms with Crippen molar-refractivity contribution < 1.29 is 0 Å². The molecule has 3 rings (SSSR count). The molecular formula is C20H25ClN6S. The van der Waals surface area contributed by atoms with E-state index in [0.717, 1.165) is 32.3 Å². The lowest BCUT2D eigenvalue weighted by atomic mass is 9.99. The molecule has 1 aliphatic rings. The van der Waals surface area contributed by atoms with Gasteiger partial charge in [0.05, 0.1) is 5.71 Å². The Bertz CT molecular complexity index is 962. The first kappa shape index (κ1) is 20.7. The highest BCUT2D eigenvalue weighted by molar-refractivity contribution is 7.17. The average molecular weight is 417 g/mol. The third-order valence-electron chi connectivity index (χ3n) is 4.89. The lowest BCUT2D eigenvalue weighted by Gasteiger charge is -2.32. The molecule has 5 N–H and O–H groups in total. The molecule has 1 aromatic carbocycles. The largest absolute Gasteiger partial charge is 0.329 e. The van der Waals surface area contributed by atoms with Crippen LogP contribution in [0.25, 0.3) is 0 Å². The van der Waals surface area contributed by atoms with Crippen LogP contribution >= 0.6 is 22.9 Å². The van der Waals surface area contributed by atoms with Crippen molar-refractivity contribution in [1.29, 1.82) is 10.8 Å². The molecule has 0 fully saturated rings. The van der Waals surface area contributed by atoms with E-state index in [4.69, 9.17) is 33.1 Å². The number of nitrogens with zero attached hydrogens (tertiary/aromatic N) is 2. The summed E-state index contributed by atoms with van der Waals surface area (Å²) >= 11 is 7.68. The van der Waals surface area contributed by atoms with Crippen molar-refractivity contribution >= 4 is 45.3 Å². The Labute approximate surface area is 174 Å². The van der Waals surface area contributed by atoms with Crippen molar-refractivity contribution in [2.75, 3.05) is 18.0 Å². The van der Waals surface area contributed by atoms with Crippen molar-refractivity contribution in [2.24, 2.45) is 10.7 Å². The number of thiophene rings is 1. The number of aryl methyl sites for hydroxylation is 1. The standard InChI is InChI=1S/C20H25ClN6S/c1-11-12(2)28-18-16(11)17(14-5-7-15(21)8-6-14)26-20(4,25-10-9-22)19(24)27(18)13(3)23/h5-8,23-25H,9-10,22H2,1-4H3. The Morgan fingerprint density at radius 1 is 1.32 bits per heavy atom. The molecule has 0 saturated carbocycles. The zero-order chi connectivity index (χ0) is 20.6. The summed E-state index contributed by atoms with van der Waals surface area (Å²) < 4.78 is 0. The highest BCUT2D eigenvalue weighted by Gasteiger charge is 2.40. The zero-order valence-corrected chi connectivity index (χ0v) is 18.1. The third kappa shape index (κ3) is 3.51. The Morgan fingerprint density at radius 2 is 1.96 bits per heavy atom. The molecule has 0 saturated heterocycles. The molecule has 1 atom stereocenters. The number of aliphatic imine (C=N–C) groups is 1. The molecule has 0 radical (unpaired) electrons. The number of anilines is 1. The van der Waals surface area contributed by atoms with Gasteiger partial charge in [0.1, 0.15) is 16.7 Å². The summed E-state index contributed by atoms with van der Waals surface area (Å²) in [6.45, 7) is 8.61. The van der Waals surface area contributed by atoms with Gasteiger partial charge in [0.25, 0.3) is 0 Å². The second-order valence-corrected chi connectivity index (χ2v) is 8.63. The van der Waals surface area contributed by atoms with Crippen molar-refractivity contribution in [3.63, 3.8) is 0 Å². The fourth-order valence-electron chi connectivity index (χ4n) is 3.27. The molecule has 0 amide bonds. The van der Waals surface area contributed by atoms with E-state index in [1.807, 2.05) is 31.2 Å². The summed E-state index contributed by atoms with van der Waals surface area (Å²) in [5, 5.41) is 22.1. The highest BCUT2D eigenvalue weighted by Crippen LogP contribution is 2.41. The van der Waals surface area contributed by atoms with Gasteiger partial charge >= 0.3 is 0 Å². The first-order valence-corrected chi connectivity index (χ1v) is 10.2. The van der Waals surface area contributed by atoms with E-state index in [9.17, 15) is 0 Å². The van der Waals surface area contributed by atoms with E-state index in [1.54, 1.807) is 23.2 Å². The van der Waals surface area contributed by atoms with Crippen LogP contribution in [-0.2, 0) is 0 Å². The minimum atomic E-state index is -1.02. The van der Waals surface area contributed by atoms with E-state index in [0.29, 0.717) is 18.1 Å². The molecule has 1 aromatic heterocycles. The number of hydrogen-bond acceptors (Lipinski definition) is 6. The molecule has 148 valence electrons. The van der Waals surface area contributed by atoms with Crippen LogP contribution in [0.2, 0.25) is 5.02 Å². The smallest absolute Gasteiger partial charge is 0.166 e. The molecule has 8 heteroatoms. The van der Waals surface area contributed by atoms with Gasteiger partial charge in [-0.1, -0.05) is 23.7 Å². The van der Waals surface area contributed by atoms with E-state index in [-0.39, 0.29) is 11.7 Å². The average Bonchev–Trinajstić information content (AvgIpc) is 2.88. The normalized spacial score (nSPS) is 19.3. The summed E-state index contributed by atoms with van der Waals surface area (Å²) in [5.41, 5.74) is 8.46. The maximum Gasteiger partial charge on any atom is 0.166 e. The number of nitrogens with one attached hydrogen (secondary N) is 3. The predicted molar refractivity (Wildman–Crippen MR) is 120 cm³/mol. The van der Waals surface area contributed by atoms with Gasteiger partial charge < -0.3 is 5.73 Å². The molecule has 0 aliphatic carbocycles. The summed E-state index contributed by atoms with van der Waals surface area (Å²) in [6, 6.07) is 7.57. The summed E-state index contributed by atoms with van der Waals surface area (Å²) in [7, 11) is 0. The van der Waals surface area contributed by atoms with Crippen molar-refractivity contribution in [2.45, 2.75) is 33.4 Å². The van der Waals surface area contributed by atoms with Gasteiger partial charge in [-0.3, -0.25) is 26.0 Å². The van der Waals surface area contributed by atoms with Crippen LogP contribution in [0, 0.1) is 24.7 Å². The second kappa shape index (κ2) is 7.75. The summed E-state index contributed by atoms with van der Waals surface area (Å²) in [6.07, 6.45) is 0. The number of amidine groups is 2. The Morgan fingerprint density at radius 3 is 2.54 bits per heavy atom. The number of fused-ring (bicyclic) bond motifs is 1. The minimum absolute atomic E-state index is 0.208. The van der Waals surface area contributed by atoms with E-state index in [2.05, 4.69) is 19.2 Å². The van der Waals surface area contributed by atoms with Crippen LogP contribution < -0.4 is 16.0 Å². The lowest BCUT2D eigenvalue weighted by Crippen LogP contribution is -2.56. The second-order valence-electron chi connectivity index (χ2n) is 6.99. The van der Waals surface area contributed by atoms with E-state index < -0.39 is 5.66 Å². The number of hydrogen-bond donors (Lipinski definition) is 4. The predicted octanol–water partition coefficient (Wildman–Crippen LogP) is 3.91. The molecule has 2 aromatic rings. The Kier molecular flexibility index (Phi) is 5.72. The van der Waals surface area contributed by atoms with Gasteiger partial charge in [-0.05, 0) is 45.4 Å². The lowest BCUT2D eigenvalue weighted by molar-refractivity contribution is 0.488. The molecule has 1 aliphatic heterocycles. The van der Waals surface area contributed by atoms with Crippen LogP contribution in [0.4, 0.5) is 5.00 Å². The molecule has 0 spiro atoms.